The van der Waals surface area contributed by atoms with Gasteiger partial charge in [-0.3, -0.25) is 0 Å². The fourth-order valence-corrected chi connectivity index (χ4v) is 1.93. The lowest BCUT2D eigenvalue weighted by Crippen LogP contribution is -2.35. The molecule has 1 aromatic rings. The van der Waals surface area contributed by atoms with E-state index < -0.39 is 6.09 Å². The molecule has 1 aromatic carbocycles. The molecule has 1 amide bonds. The molecule has 1 saturated heterocycles. The van der Waals surface area contributed by atoms with Crippen LogP contribution < -0.4 is 10.2 Å². The molecule has 1 unspecified atom stereocenters. The average Bonchev–Trinajstić information content (AvgIpc) is 2.67. The fraction of sp³-hybridized carbons (Fsp3) is 0.364. The van der Waals surface area contributed by atoms with Crippen molar-refractivity contribution in [3.05, 3.63) is 30.3 Å². The summed E-state index contributed by atoms with van der Waals surface area (Å²) in [5, 5.41) is 11.1. The maximum absolute atomic E-state index is 10.5. The van der Waals surface area contributed by atoms with Crippen LogP contribution in [-0.2, 0) is 0 Å². The zero-order valence-corrected chi connectivity index (χ0v) is 8.39. The molecule has 0 aromatic heterocycles. The van der Waals surface area contributed by atoms with Gasteiger partial charge in [-0.25, -0.2) is 4.79 Å². The van der Waals surface area contributed by atoms with Crippen molar-refractivity contribution >= 4 is 11.8 Å². The van der Waals surface area contributed by atoms with E-state index in [0.29, 0.717) is 0 Å². The number of para-hydroxylation sites is 1. The van der Waals surface area contributed by atoms with Gasteiger partial charge in [0.05, 0.1) is 6.04 Å². The third-order valence-corrected chi connectivity index (χ3v) is 2.64. The zero-order chi connectivity index (χ0) is 10.7. The van der Waals surface area contributed by atoms with Crippen LogP contribution in [0.5, 0.6) is 0 Å². The van der Waals surface area contributed by atoms with Crippen LogP contribution in [0, 0.1) is 0 Å². The van der Waals surface area contributed by atoms with Crippen LogP contribution in [0.2, 0.25) is 0 Å². The molecule has 4 nitrogen and oxygen atoms in total. The first-order valence-electron chi connectivity index (χ1n) is 5.05. The largest absolute Gasteiger partial charge is 0.465 e. The van der Waals surface area contributed by atoms with Gasteiger partial charge < -0.3 is 15.3 Å². The molecule has 1 aliphatic heterocycles. The van der Waals surface area contributed by atoms with Crippen molar-refractivity contribution in [2.75, 3.05) is 18.0 Å². The van der Waals surface area contributed by atoms with Crippen LogP contribution in [0.25, 0.3) is 0 Å². The second kappa shape index (κ2) is 4.21. The van der Waals surface area contributed by atoms with Crippen LogP contribution in [0.1, 0.15) is 6.42 Å². The minimum absolute atomic E-state index is 0.0581. The molecule has 2 N–H and O–H groups in total. The summed E-state index contributed by atoms with van der Waals surface area (Å²) in [6.45, 7) is 1.67. The van der Waals surface area contributed by atoms with E-state index in [1.807, 2.05) is 30.3 Å². The first-order valence-corrected chi connectivity index (χ1v) is 5.05. The molecule has 1 fully saturated rings. The molecular formula is C11H14N2O2. The second-order valence-electron chi connectivity index (χ2n) is 3.72. The van der Waals surface area contributed by atoms with Gasteiger partial charge >= 0.3 is 6.09 Å². The highest BCUT2D eigenvalue weighted by atomic mass is 16.4. The van der Waals surface area contributed by atoms with E-state index in [1.165, 1.54) is 0 Å². The Labute approximate surface area is 88.5 Å². The predicted octanol–water partition coefficient (Wildman–Crippen LogP) is 1.53. The van der Waals surface area contributed by atoms with Gasteiger partial charge in [-0.15, -0.1) is 0 Å². The van der Waals surface area contributed by atoms with E-state index in [9.17, 15) is 4.79 Å². The number of amides is 1. The number of nitrogens with zero attached hydrogens (tertiary/aromatic N) is 1. The number of carboxylic acid groups (broad SMARTS) is 1. The maximum Gasteiger partial charge on any atom is 0.404 e. The normalized spacial score (nSPS) is 20.3. The Balaban J connectivity index is 1.96. The van der Waals surface area contributed by atoms with Gasteiger partial charge in [0.15, 0.2) is 0 Å². The van der Waals surface area contributed by atoms with Gasteiger partial charge in [-0.1, -0.05) is 18.2 Å². The number of nitrogens with one attached hydrogen (secondary N) is 1. The lowest BCUT2D eigenvalue weighted by molar-refractivity contribution is 0.191. The Morgan fingerprint density at radius 2 is 2.13 bits per heavy atom. The van der Waals surface area contributed by atoms with Crippen LogP contribution >= 0.6 is 0 Å². The third-order valence-electron chi connectivity index (χ3n) is 2.64. The molecule has 1 aliphatic rings. The molecule has 80 valence electrons. The van der Waals surface area contributed by atoms with Gasteiger partial charge in [0, 0.05) is 18.8 Å². The summed E-state index contributed by atoms with van der Waals surface area (Å²) in [5.74, 6) is 0. The number of rotatable bonds is 2. The Bertz CT molecular complexity index is 340. The quantitative estimate of drug-likeness (QED) is 0.771. The lowest BCUT2D eigenvalue weighted by Gasteiger charge is -2.18. The summed E-state index contributed by atoms with van der Waals surface area (Å²) in [6, 6.07) is 10.1. The number of hydrogen-bond acceptors (Lipinski definition) is 2. The third kappa shape index (κ3) is 2.40. The monoisotopic (exact) mass is 206 g/mol. The highest BCUT2D eigenvalue weighted by Gasteiger charge is 2.23. The van der Waals surface area contributed by atoms with Crippen molar-refractivity contribution in [2.45, 2.75) is 12.5 Å². The summed E-state index contributed by atoms with van der Waals surface area (Å²) >= 11 is 0. The van der Waals surface area contributed by atoms with Crippen molar-refractivity contribution in [1.82, 2.24) is 5.32 Å². The Hall–Kier alpha value is -1.71. The zero-order valence-electron chi connectivity index (χ0n) is 8.39. The second-order valence-corrected chi connectivity index (χ2v) is 3.72. The van der Waals surface area contributed by atoms with Crippen molar-refractivity contribution in [3.8, 4) is 0 Å². The van der Waals surface area contributed by atoms with Gasteiger partial charge in [0.25, 0.3) is 0 Å². The van der Waals surface area contributed by atoms with E-state index in [0.717, 1.165) is 25.2 Å². The average molecular weight is 206 g/mol. The highest BCUT2D eigenvalue weighted by Crippen LogP contribution is 2.19. The van der Waals surface area contributed by atoms with E-state index in [2.05, 4.69) is 10.2 Å². The topological polar surface area (TPSA) is 52.6 Å². The number of benzene rings is 1. The van der Waals surface area contributed by atoms with E-state index >= 15 is 0 Å². The maximum atomic E-state index is 10.5. The molecule has 2 rings (SSSR count). The van der Waals surface area contributed by atoms with Crippen molar-refractivity contribution in [2.24, 2.45) is 0 Å². The van der Waals surface area contributed by atoms with Crippen molar-refractivity contribution < 1.29 is 9.90 Å². The van der Waals surface area contributed by atoms with Crippen LogP contribution in [0.3, 0.4) is 0 Å². The van der Waals surface area contributed by atoms with E-state index in [1.54, 1.807) is 0 Å². The van der Waals surface area contributed by atoms with Crippen molar-refractivity contribution in [1.29, 1.82) is 0 Å². The van der Waals surface area contributed by atoms with Crippen LogP contribution in [0.15, 0.2) is 30.3 Å². The lowest BCUT2D eigenvalue weighted by atomic mass is 10.3. The molecule has 1 heterocycles. The molecule has 1 atom stereocenters. The number of carbonyl (C=O) groups is 1. The minimum atomic E-state index is -0.935. The molecule has 15 heavy (non-hydrogen) atoms. The SMILES string of the molecule is O=C(O)NC1CCN(c2ccccc2)C1. The van der Waals surface area contributed by atoms with Gasteiger partial charge in [-0.2, -0.15) is 0 Å². The van der Waals surface area contributed by atoms with E-state index in [4.69, 9.17) is 5.11 Å². The smallest absolute Gasteiger partial charge is 0.404 e. The number of hydrogen-bond donors (Lipinski definition) is 2. The standard InChI is InChI=1S/C11H14N2O2/c14-11(15)12-9-6-7-13(8-9)10-4-2-1-3-5-10/h1-5,9,12H,6-8H2,(H,14,15). The van der Waals surface area contributed by atoms with Crippen molar-refractivity contribution in [3.63, 3.8) is 0 Å². The molecule has 0 spiro atoms. The van der Waals surface area contributed by atoms with Crippen LogP contribution in [-0.4, -0.2) is 30.3 Å². The summed E-state index contributed by atoms with van der Waals surface area (Å²) in [6.07, 6.45) is -0.0591. The summed E-state index contributed by atoms with van der Waals surface area (Å²) in [7, 11) is 0. The molecule has 0 aliphatic carbocycles. The fourth-order valence-electron chi connectivity index (χ4n) is 1.93. The molecule has 4 heteroatoms. The summed E-state index contributed by atoms with van der Waals surface area (Å²) in [5.41, 5.74) is 1.16. The summed E-state index contributed by atoms with van der Waals surface area (Å²) in [4.78, 5) is 12.7. The Morgan fingerprint density at radius 3 is 2.80 bits per heavy atom. The Kier molecular flexibility index (Phi) is 2.76. The molecule has 0 saturated carbocycles. The first-order chi connectivity index (χ1) is 7.25. The molecular weight excluding hydrogens is 192 g/mol. The van der Waals surface area contributed by atoms with Gasteiger partial charge in [0.2, 0.25) is 0 Å². The predicted molar refractivity (Wildman–Crippen MR) is 58.2 cm³/mol. The van der Waals surface area contributed by atoms with Gasteiger partial charge in [-0.05, 0) is 18.6 Å². The number of anilines is 1. The van der Waals surface area contributed by atoms with E-state index in [-0.39, 0.29) is 6.04 Å². The molecule has 0 radical (unpaired) electrons. The summed E-state index contributed by atoms with van der Waals surface area (Å²) < 4.78 is 0. The van der Waals surface area contributed by atoms with Crippen LogP contribution in [0.4, 0.5) is 10.5 Å². The molecule has 0 bridgehead atoms. The Morgan fingerprint density at radius 1 is 1.40 bits per heavy atom. The highest BCUT2D eigenvalue weighted by molar-refractivity contribution is 5.65. The first kappa shape index (κ1) is 9.83. The minimum Gasteiger partial charge on any atom is -0.465 e. The van der Waals surface area contributed by atoms with Gasteiger partial charge in [0.1, 0.15) is 0 Å².